The number of hydrogen-bond acceptors (Lipinski definition) is 6. The van der Waals surface area contributed by atoms with Crippen molar-refractivity contribution in [3.63, 3.8) is 0 Å². The fourth-order valence-electron chi connectivity index (χ4n) is 7.09. The van der Waals surface area contributed by atoms with Gasteiger partial charge >= 0.3 is 0 Å². The van der Waals surface area contributed by atoms with Gasteiger partial charge in [0, 0.05) is 38.0 Å². The van der Waals surface area contributed by atoms with E-state index >= 15 is 0 Å². The van der Waals surface area contributed by atoms with Crippen LogP contribution in [0.4, 0.5) is 0 Å². The normalized spacial score (nSPS) is 27.1. The van der Waals surface area contributed by atoms with Crippen LogP contribution in [0.1, 0.15) is 61.5 Å². The molecule has 2 saturated heterocycles. The highest BCUT2D eigenvalue weighted by Gasteiger charge is 2.47. The van der Waals surface area contributed by atoms with E-state index in [0.717, 1.165) is 75.8 Å². The standard InChI is InChI=1S/C32H36N2O6/c35-31(33-13-3-1-4-14-33)24-10-9-23(21-7-11-25-27(17-21)39-19-37-25)30(32(36)34-15-5-2-6-16-34)29(24)22-8-12-26-28(18-22)40-20-38-26/h7-12,17-18,23-24,29-30H,1-6,13-16,19-20H2/t23-,24-,29-,30-/m1/s1. The lowest BCUT2D eigenvalue weighted by Gasteiger charge is -2.43. The minimum absolute atomic E-state index is 0.110. The number of hydrogen-bond donors (Lipinski definition) is 0. The molecule has 2 amide bonds. The third-order valence-electron chi connectivity index (χ3n) is 9.16. The third kappa shape index (κ3) is 4.57. The number of carbonyl (C=O) groups excluding carboxylic acids is 2. The third-order valence-corrected chi connectivity index (χ3v) is 9.16. The van der Waals surface area contributed by atoms with Crippen LogP contribution in [0, 0.1) is 11.8 Å². The molecule has 4 atom stereocenters. The van der Waals surface area contributed by atoms with Gasteiger partial charge in [-0.25, -0.2) is 0 Å². The highest BCUT2D eigenvalue weighted by Crippen LogP contribution is 2.50. The second-order valence-electron chi connectivity index (χ2n) is 11.5. The maximum Gasteiger partial charge on any atom is 0.231 e. The van der Waals surface area contributed by atoms with Crippen LogP contribution in [0.5, 0.6) is 23.0 Å². The number of ether oxygens (including phenoxy) is 4. The molecule has 0 unspecified atom stereocenters. The van der Waals surface area contributed by atoms with E-state index in [1.807, 2.05) is 46.2 Å². The molecule has 40 heavy (non-hydrogen) atoms. The van der Waals surface area contributed by atoms with E-state index in [-0.39, 0.29) is 37.2 Å². The summed E-state index contributed by atoms with van der Waals surface area (Å²) in [5.74, 6) is 1.54. The van der Waals surface area contributed by atoms with Gasteiger partial charge < -0.3 is 28.7 Å². The van der Waals surface area contributed by atoms with Gasteiger partial charge in [0.05, 0.1) is 11.8 Å². The first-order chi connectivity index (χ1) is 19.7. The summed E-state index contributed by atoms with van der Waals surface area (Å²) in [5, 5.41) is 0. The van der Waals surface area contributed by atoms with Gasteiger partial charge in [0.25, 0.3) is 0 Å². The largest absolute Gasteiger partial charge is 0.454 e. The lowest BCUT2D eigenvalue weighted by atomic mass is 9.64. The monoisotopic (exact) mass is 544 g/mol. The second kappa shape index (κ2) is 10.7. The van der Waals surface area contributed by atoms with E-state index in [1.165, 1.54) is 0 Å². The van der Waals surface area contributed by atoms with E-state index in [9.17, 15) is 9.59 Å². The van der Waals surface area contributed by atoms with Crippen LogP contribution >= 0.6 is 0 Å². The summed E-state index contributed by atoms with van der Waals surface area (Å²) in [6.07, 6.45) is 10.5. The first kappa shape index (κ1) is 25.3. The van der Waals surface area contributed by atoms with Crippen LogP contribution in [0.2, 0.25) is 0 Å². The fraction of sp³-hybridized carbons (Fsp3) is 0.500. The molecule has 0 saturated carbocycles. The summed E-state index contributed by atoms with van der Waals surface area (Å²) in [7, 11) is 0. The molecule has 0 radical (unpaired) electrons. The Balaban J connectivity index is 1.34. The van der Waals surface area contributed by atoms with Gasteiger partial charge in [-0.3, -0.25) is 9.59 Å². The van der Waals surface area contributed by atoms with Crippen LogP contribution in [-0.2, 0) is 9.59 Å². The van der Waals surface area contributed by atoms with Crippen LogP contribution in [0.25, 0.3) is 0 Å². The van der Waals surface area contributed by atoms with Gasteiger partial charge in [0.2, 0.25) is 25.4 Å². The number of nitrogens with zero attached hydrogens (tertiary/aromatic N) is 2. The molecule has 4 heterocycles. The Labute approximate surface area is 234 Å². The molecular formula is C32H36N2O6. The summed E-state index contributed by atoms with van der Waals surface area (Å²) in [5.41, 5.74) is 1.93. The van der Waals surface area contributed by atoms with Crippen molar-refractivity contribution < 1.29 is 28.5 Å². The maximum absolute atomic E-state index is 14.6. The van der Waals surface area contributed by atoms with Crippen LogP contribution in [0.3, 0.4) is 0 Å². The molecule has 0 spiro atoms. The summed E-state index contributed by atoms with van der Waals surface area (Å²) >= 11 is 0. The highest BCUT2D eigenvalue weighted by atomic mass is 16.7. The number of amides is 2. The fourth-order valence-corrected chi connectivity index (χ4v) is 7.09. The molecule has 0 bridgehead atoms. The second-order valence-corrected chi connectivity index (χ2v) is 11.5. The molecule has 4 aliphatic heterocycles. The van der Waals surface area contributed by atoms with E-state index in [0.29, 0.717) is 23.0 Å². The quantitative estimate of drug-likeness (QED) is 0.513. The number of piperidine rings is 2. The zero-order chi connectivity index (χ0) is 27.1. The highest BCUT2D eigenvalue weighted by molar-refractivity contribution is 5.87. The van der Waals surface area contributed by atoms with E-state index < -0.39 is 11.8 Å². The van der Waals surface area contributed by atoms with Crippen LogP contribution in [0.15, 0.2) is 48.6 Å². The van der Waals surface area contributed by atoms with Gasteiger partial charge in [-0.05, 0) is 73.9 Å². The molecular weight excluding hydrogens is 508 g/mol. The van der Waals surface area contributed by atoms with Crippen LogP contribution in [-0.4, -0.2) is 61.4 Å². The number of carbonyl (C=O) groups is 2. The number of fused-ring (bicyclic) bond motifs is 2. The Kier molecular flexibility index (Phi) is 6.77. The molecule has 0 N–H and O–H groups in total. The molecule has 8 nitrogen and oxygen atoms in total. The lowest BCUT2D eigenvalue weighted by molar-refractivity contribution is -0.141. The molecule has 0 aromatic heterocycles. The van der Waals surface area contributed by atoms with E-state index in [1.54, 1.807) is 0 Å². The summed E-state index contributed by atoms with van der Waals surface area (Å²) < 4.78 is 22.6. The molecule has 1 aliphatic carbocycles. The first-order valence-electron chi connectivity index (χ1n) is 14.7. The number of rotatable bonds is 4. The average Bonchev–Trinajstić information content (AvgIpc) is 3.69. The van der Waals surface area contributed by atoms with E-state index in [2.05, 4.69) is 12.2 Å². The molecule has 2 fully saturated rings. The summed E-state index contributed by atoms with van der Waals surface area (Å²) in [4.78, 5) is 32.8. The zero-order valence-corrected chi connectivity index (χ0v) is 22.8. The zero-order valence-electron chi connectivity index (χ0n) is 22.8. The van der Waals surface area contributed by atoms with Crippen molar-refractivity contribution in [2.24, 2.45) is 11.8 Å². The van der Waals surface area contributed by atoms with Gasteiger partial charge in [-0.1, -0.05) is 24.3 Å². The molecule has 2 aromatic rings. The topological polar surface area (TPSA) is 77.5 Å². The van der Waals surface area contributed by atoms with Crippen molar-refractivity contribution in [3.8, 4) is 23.0 Å². The Morgan fingerprint density at radius 1 is 0.600 bits per heavy atom. The van der Waals surface area contributed by atoms with Crippen molar-refractivity contribution in [2.45, 2.75) is 50.4 Å². The van der Waals surface area contributed by atoms with Gasteiger partial charge in [0.1, 0.15) is 0 Å². The predicted molar refractivity (Wildman–Crippen MR) is 148 cm³/mol. The summed E-state index contributed by atoms with van der Waals surface area (Å²) in [6, 6.07) is 11.9. The summed E-state index contributed by atoms with van der Waals surface area (Å²) in [6.45, 7) is 3.43. The maximum atomic E-state index is 14.6. The Hall–Kier alpha value is -3.68. The van der Waals surface area contributed by atoms with Gasteiger partial charge in [0.15, 0.2) is 23.0 Å². The minimum atomic E-state index is -0.456. The van der Waals surface area contributed by atoms with E-state index in [4.69, 9.17) is 18.9 Å². The Morgan fingerprint density at radius 3 is 1.75 bits per heavy atom. The first-order valence-corrected chi connectivity index (χ1v) is 14.7. The van der Waals surface area contributed by atoms with Crippen molar-refractivity contribution in [2.75, 3.05) is 39.8 Å². The average molecular weight is 545 g/mol. The smallest absolute Gasteiger partial charge is 0.231 e. The minimum Gasteiger partial charge on any atom is -0.454 e. The van der Waals surface area contributed by atoms with Crippen molar-refractivity contribution >= 4 is 11.8 Å². The number of likely N-dealkylation sites (tertiary alicyclic amines) is 2. The molecule has 8 heteroatoms. The SMILES string of the molecule is O=C([C@H]1[C@H](c2ccc3c(c2)OCO3)[C@H](C(=O)N2CCCCC2)C=C[C@@H]1c1ccc2c(c1)OCO2)N1CCCCC1. The molecule has 5 aliphatic rings. The van der Waals surface area contributed by atoms with Crippen molar-refractivity contribution in [1.29, 1.82) is 0 Å². The molecule has 7 rings (SSSR count). The van der Waals surface area contributed by atoms with Crippen molar-refractivity contribution in [3.05, 3.63) is 59.7 Å². The predicted octanol–water partition coefficient (Wildman–Crippen LogP) is 4.84. The number of benzene rings is 2. The molecule has 2 aromatic carbocycles. The van der Waals surface area contributed by atoms with Crippen LogP contribution < -0.4 is 18.9 Å². The lowest BCUT2D eigenvalue weighted by Crippen LogP contribution is -2.49. The number of allylic oxidation sites excluding steroid dienone is 1. The Morgan fingerprint density at radius 2 is 1.12 bits per heavy atom. The van der Waals surface area contributed by atoms with Gasteiger partial charge in [-0.2, -0.15) is 0 Å². The van der Waals surface area contributed by atoms with Crippen molar-refractivity contribution in [1.82, 2.24) is 9.80 Å². The molecule has 210 valence electrons. The van der Waals surface area contributed by atoms with Gasteiger partial charge in [-0.15, -0.1) is 0 Å². The Bertz CT molecular complexity index is 1310.